The molecule has 0 saturated carbocycles. The predicted molar refractivity (Wildman–Crippen MR) is 65.6 cm³/mol. The molecule has 1 aromatic rings. The molecule has 1 N–H and O–H groups in total. The van der Waals surface area contributed by atoms with Crippen LogP contribution >= 0.6 is 0 Å². The molecule has 0 amide bonds. The minimum absolute atomic E-state index is 0.517. The molecule has 0 spiro atoms. The fraction of sp³-hybridized carbons (Fsp3) is 0.615. The Morgan fingerprint density at radius 1 is 1.50 bits per heavy atom. The zero-order valence-electron chi connectivity index (χ0n) is 10.6. The summed E-state index contributed by atoms with van der Waals surface area (Å²) in [7, 11) is 0. The molecule has 0 bridgehead atoms. The lowest BCUT2D eigenvalue weighted by molar-refractivity contribution is -0.144. The van der Waals surface area contributed by atoms with Gasteiger partial charge in [-0.15, -0.1) is 0 Å². The average molecular weight is 253 g/mol. The molecule has 100 valence electrons. The van der Waals surface area contributed by atoms with Crippen molar-refractivity contribution in [3.05, 3.63) is 24.2 Å². The molecule has 1 aliphatic rings. The highest BCUT2D eigenvalue weighted by Crippen LogP contribution is 2.28. The SMILES string of the molecule is CC(CCN1CCOCC1)(C(=O)O)c1ccco1. The first-order valence-electron chi connectivity index (χ1n) is 6.20. The largest absolute Gasteiger partial charge is 0.480 e. The Morgan fingerprint density at radius 2 is 2.22 bits per heavy atom. The van der Waals surface area contributed by atoms with Gasteiger partial charge in [-0.05, 0) is 32.0 Å². The van der Waals surface area contributed by atoms with E-state index in [0.29, 0.717) is 12.2 Å². The summed E-state index contributed by atoms with van der Waals surface area (Å²) in [6.45, 7) is 5.65. The maximum absolute atomic E-state index is 11.5. The Morgan fingerprint density at radius 3 is 2.78 bits per heavy atom. The zero-order chi connectivity index (χ0) is 13.0. The van der Waals surface area contributed by atoms with Crippen LogP contribution in [0.1, 0.15) is 19.1 Å². The van der Waals surface area contributed by atoms with Crippen molar-refractivity contribution < 1.29 is 19.1 Å². The van der Waals surface area contributed by atoms with E-state index >= 15 is 0 Å². The van der Waals surface area contributed by atoms with Crippen molar-refractivity contribution in [1.82, 2.24) is 4.90 Å². The minimum atomic E-state index is -0.957. The van der Waals surface area contributed by atoms with Gasteiger partial charge in [-0.3, -0.25) is 9.69 Å². The molecule has 18 heavy (non-hydrogen) atoms. The van der Waals surface area contributed by atoms with E-state index in [1.807, 2.05) is 0 Å². The summed E-state index contributed by atoms with van der Waals surface area (Å²) in [5.41, 5.74) is -0.957. The lowest BCUT2D eigenvalue weighted by Crippen LogP contribution is -2.41. The van der Waals surface area contributed by atoms with E-state index in [2.05, 4.69) is 4.90 Å². The van der Waals surface area contributed by atoms with Crippen LogP contribution in [0.25, 0.3) is 0 Å². The monoisotopic (exact) mass is 253 g/mol. The molecule has 0 radical (unpaired) electrons. The van der Waals surface area contributed by atoms with Gasteiger partial charge in [0.1, 0.15) is 11.2 Å². The lowest BCUT2D eigenvalue weighted by atomic mass is 9.84. The summed E-state index contributed by atoms with van der Waals surface area (Å²) in [6, 6.07) is 3.46. The Balaban J connectivity index is 2.00. The normalized spacial score (nSPS) is 20.5. The number of aliphatic carboxylic acids is 1. The Hall–Kier alpha value is -1.33. The summed E-state index contributed by atoms with van der Waals surface area (Å²) >= 11 is 0. The van der Waals surface area contributed by atoms with Gasteiger partial charge >= 0.3 is 5.97 Å². The molecule has 5 nitrogen and oxygen atoms in total. The second kappa shape index (κ2) is 5.54. The minimum Gasteiger partial charge on any atom is -0.480 e. The fourth-order valence-corrected chi connectivity index (χ4v) is 2.13. The van der Waals surface area contributed by atoms with Gasteiger partial charge in [-0.1, -0.05) is 0 Å². The van der Waals surface area contributed by atoms with Crippen molar-refractivity contribution >= 4 is 5.97 Å². The van der Waals surface area contributed by atoms with Gasteiger partial charge in [0.25, 0.3) is 0 Å². The number of furan rings is 1. The van der Waals surface area contributed by atoms with Crippen molar-refractivity contribution in [3.8, 4) is 0 Å². The number of morpholine rings is 1. The van der Waals surface area contributed by atoms with Gasteiger partial charge < -0.3 is 14.3 Å². The van der Waals surface area contributed by atoms with Crippen LogP contribution in [0.3, 0.4) is 0 Å². The van der Waals surface area contributed by atoms with Crippen molar-refractivity contribution in [3.63, 3.8) is 0 Å². The summed E-state index contributed by atoms with van der Waals surface area (Å²) < 4.78 is 10.6. The molecule has 1 fully saturated rings. The van der Waals surface area contributed by atoms with Crippen molar-refractivity contribution in [2.75, 3.05) is 32.8 Å². The Kier molecular flexibility index (Phi) is 4.04. The first-order chi connectivity index (χ1) is 8.63. The Labute approximate surface area is 106 Å². The molecule has 1 aliphatic heterocycles. The number of hydrogen-bond acceptors (Lipinski definition) is 4. The van der Waals surface area contributed by atoms with Crippen LogP contribution < -0.4 is 0 Å². The highest BCUT2D eigenvalue weighted by atomic mass is 16.5. The van der Waals surface area contributed by atoms with E-state index in [9.17, 15) is 9.90 Å². The summed E-state index contributed by atoms with van der Waals surface area (Å²) in [6.07, 6.45) is 2.06. The molecule has 1 saturated heterocycles. The van der Waals surface area contributed by atoms with Gasteiger partial charge in [0.2, 0.25) is 0 Å². The van der Waals surface area contributed by atoms with E-state index in [4.69, 9.17) is 9.15 Å². The molecular weight excluding hydrogens is 234 g/mol. The standard InChI is InChI=1S/C13H19NO4/c1-13(12(15)16,11-3-2-8-18-11)4-5-14-6-9-17-10-7-14/h2-3,8H,4-7,9-10H2,1H3,(H,15,16). The maximum Gasteiger partial charge on any atom is 0.317 e. The zero-order valence-corrected chi connectivity index (χ0v) is 10.6. The fourth-order valence-electron chi connectivity index (χ4n) is 2.13. The molecule has 1 aromatic heterocycles. The van der Waals surface area contributed by atoms with Gasteiger partial charge in [0.15, 0.2) is 0 Å². The molecule has 2 heterocycles. The average Bonchev–Trinajstić information content (AvgIpc) is 2.91. The third kappa shape index (κ3) is 2.73. The van der Waals surface area contributed by atoms with Crippen molar-refractivity contribution in [2.45, 2.75) is 18.8 Å². The first-order valence-corrected chi connectivity index (χ1v) is 6.20. The third-order valence-corrected chi connectivity index (χ3v) is 3.57. The first kappa shape index (κ1) is 13.1. The van der Waals surface area contributed by atoms with Gasteiger partial charge in [0.05, 0.1) is 19.5 Å². The smallest absolute Gasteiger partial charge is 0.317 e. The molecule has 0 aliphatic carbocycles. The molecule has 5 heteroatoms. The second-order valence-corrected chi connectivity index (χ2v) is 4.82. The number of nitrogens with zero attached hydrogens (tertiary/aromatic N) is 1. The molecular formula is C13H19NO4. The number of carboxylic acids is 1. The van der Waals surface area contributed by atoms with Crippen molar-refractivity contribution in [2.24, 2.45) is 0 Å². The molecule has 1 atom stereocenters. The van der Waals surface area contributed by atoms with Gasteiger partial charge in [0, 0.05) is 13.1 Å². The predicted octanol–water partition coefficient (Wildman–Crippen LogP) is 1.34. The summed E-state index contributed by atoms with van der Waals surface area (Å²) in [4.78, 5) is 13.7. The van der Waals surface area contributed by atoms with E-state index in [1.165, 1.54) is 6.26 Å². The summed E-state index contributed by atoms with van der Waals surface area (Å²) in [5.74, 6) is -0.325. The highest BCUT2D eigenvalue weighted by molar-refractivity contribution is 5.79. The van der Waals surface area contributed by atoms with Crippen LogP contribution in [0.15, 0.2) is 22.8 Å². The number of carbonyl (C=O) groups is 1. The Bertz CT molecular complexity index is 384. The topological polar surface area (TPSA) is 62.9 Å². The lowest BCUT2D eigenvalue weighted by Gasteiger charge is -2.30. The van der Waals surface area contributed by atoms with E-state index in [0.717, 1.165) is 32.8 Å². The van der Waals surface area contributed by atoms with Crippen LogP contribution in [-0.4, -0.2) is 48.8 Å². The van der Waals surface area contributed by atoms with Crippen LogP contribution in [0.5, 0.6) is 0 Å². The van der Waals surface area contributed by atoms with Crippen LogP contribution in [0, 0.1) is 0 Å². The highest BCUT2D eigenvalue weighted by Gasteiger charge is 2.38. The van der Waals surface area contributed by atoms with Crippen LogP contribution in [0.4, 0.5) is 0 Å². The van der Waals surface area contributed by atoms with Gasteiger partial charge in [-0.2, -0.15) is 0 Å². The quantitative estimate of drug-likeness (QED) is 0.858. The molecule has 0 aromatic carbocycles. The van der Waals surface area contributed by atoms with E-state index < -0.39 is 11.4 Å². The second-order valence-electron chi connectivity index (χ2n) is 4.82. The molecule has 2 rings (SSSR count). The number of hydrogen-bond donors (Lipinski definition) is 1. The van der Waals surface area contributed by atoms with Crippen molar-refractivity contribution in [1.29, 1.82) is 0 Å². The van der Waals surface area contributed by atoms with E-state index in [1.54, 1.807) is 19.1 Å². The maximum atomic E-state index is 11.5. The number of carboxylic acid groups (broad SMARTS) is 1. The number of ether oxygens (including phenoxy) is 1. The molecule has 1 unspecified atom stereocenters. The summed E-state index contributed by atoms with van der Waals surface area (Å²) in [5, 5.41) is 9.43. The van der Waals surface area contributed by atoms with Crippen LogP contribution in [0.2, 0.25) is 0 Å². The third-order valence-electron chi connectivity index (χ3n) is 3.57. The number of rotatable bonds is 5. The van der Waals surface area contributed by atoms with Crippen LogP contribution in [-0.2, 0) is 14.9 Å². The van der Waals surface area contributed by atoms with Gasteiger partial charge in [-0.25, -0.2) is 0 Å². The van der Waals surface area contributed by atoms with E-state index in [-0.39, 0.29) is 0 Å².